The van der Waals surface area contributed by atoms with Crippen LogP contribution in [-0.4, -0.2) is 39.1 Å². The molecule has 1 atom stereocenters. The van der Waals surface area contributed by atoms with Crippen LogP contribution < -0.4 is 10.6 Å². The molecule has 1 aromatic carbocycles. The Hall–Kier alpha value is -3.88. The summed E-state index contributed by atoms with van der Waals surface area (Å²) < 4.78 is 6.84. The van der Waals surface area contributed by atoms with E-state index in [1.165, 1.54) is 0 Å². The SMILES string of the molecule is C[C@@]1(c2ccccc2)NC(=O)N(CC(=O)Nc2ccnn2Cc2ccco2)C1=O. The summed E-state index contributed by atoms with van der Waals surface area (Å²) in [6.45, 7) is 1.56. The van der Waals surface area contributed by atoms with Crippen molar-refractivity contribution in [1.29, 1.82) is 0 Å². The van der Waals surface area contributed by atoms with Gasteiger partial charge in [0.1, 0.15) is 30.2 Å². The van der Waals surface area contributed by atoms with E-state index in [2.05, 4.69) is 15.7 Å². The Balaban J connectivity index is 1.45. The zero-order chi connectivity index (χ0) is 20.4. The molecule has 4 amide bonds. The maximum atomic E-state index is 12.9. The van der Waals surface area contributed by atoms with Crippen LogP contribution in [0, 0.1) is 0 Å². The second kappa shape index (κ2) is 7.27. The number of anilines is 1. The molecule has 1 fully saturated rings. The van der Waals surface area contributed by atoms with Crippen LogP contribution in [0.1, 0.15) is 18.2 Å². The van der Waals surface area contributed by atoms with Crippen LogP contribution in [0.25, 0.3) is 0 Å². The molecule has 0 radical (unpaired) electrons. The minimum absolute atomic E-state index is 0.338. The summed E-state index contributed by atoms with van der Waals surface area (Å²) in [7, 11) is 0. The Morgan fingerprint density at radius 1 is 1.17 bits per heavy atom. The number of furan rings is 1. The molecule has 1 aliphatic heterocycles. The molecule has 1 aliphatic rings. The Morgan fingerprint density at radius 3 is 2.69 bits per heavy atom. The largest absolute Gasteiger partial charge is 0.467 e. The molecule has 0 saturated carbocycles. The van der Waals surface area contributed by atoms with Gasteiger partial charge in [0.05, 0.1) is 12.5 Å². The van der Waals surface area contributed by atoms with Crippen LogP contribution >= 0.6 is 0 Å². The first-order chi connectivity index (χ1) is 14.0. The van der Waals surface area contributed by atoms with Crippen molar-refractivity contribution in [2.24, 2.45) is 0 Å². The maximum absolute atomic E-state index is 12.9. The molecular weight excluding hydrogens is 374 g/mol. The molecule has 148 valence electrons. The second-order valence-corrected chi connectivity index (χ2v) is 6.81. The van der Waals surface area contributed by atoms with Crippen molar-refractivity contribution in [3.63, 3.8) is 0 Å². The molecule has 0 spiro atoms. The van der Waals surface area contributed by atoms with Gasteiger partial charge in [0.25, 0.3) is 5.91 Å². The van der Waals surface area contributed by atoms with Crippen LogP contribution in [0.3, 0.4) is 0 Å². The van der Waals surface area contributed by atoms with E-state index in [0.29, 0.717) is 23.7 Å². The molecule has 4 rings (SSSR count). The van der Waals surface area contributed by atoms with Gasteiger partial charge >= 0.3 is 6.03 Å². The molecule has 3 heterocycles. The molecule has 0 aliphatic carbocycles. The molecular formula is C20H19N5O4. The summed E-state index contributed by atoms with van der Waals surface area (Å²) in [5.41, 5.74) is -0.558. The molecule has 2 N–H and O–H groups in total. The molecule has 1 saturated heterocycles. The van der Waals surface area contributed by atoms with Gasteiger partial charge in [-0.15, -0.1) is 0 Å². The van der Waals surface area contributed by atoms with E-state index in [0.717, 1.165) is 4.90 Å². The Morgan fingerprint density at radius 2 is 1.97 bits per heavy atom. The molecule has 2 aromatic heterocycles. The lowest BCUT2D eigenvalue weighted by Gasteiger charge is -2.22. The number of hydrogen-bond acceptors (Lipinski definition) is 5. The molecule has 29 heavy (non-hydrogen) atoms. The molecule has 9 nitrogen and oxygen atoms in total. The number of urea groups is 1. The van der Waals surface area contributed by atoms with Gasteiger partial charge in [0.15, 0.2) is 0 Å². The number of aromatic nitrogens is 2. The van der Waals surface area contributed by atoms with Crippen molar-refractivity contribution in [2.45, 2.75) is 19.0 Å². The standard InChI is InChI=1S/C20H19N5O4/c1-20(14-6-3-2-4-7-14)18(27)24(19(28)23-20)13-17(26)22-16-9-10-21-25(16)12-15-8-5-11-29-15/h2-11H,12-13H2,1H3,(H,22,26)(H,23,28)/t20-/m0/s1. The van der Waals surface area contributed by atoms with E-state index in [9.17, 15) is 14.4 Å². The van der Waals surface area contributed by atoms with Crippen LogP contribution in [0.15, 0.2) is 65.4 Å². The highest BCUT2D eigenvalue weighted by Crippen LogP contribution is 2.28. The third kappa shape index (κ3) is 3.49. The lowest BCUT2D eigenvalue weighted by molar-refractivity contribution is -0.133. The zero-order valence-electron chi connectivity index (χ0n) is 15.7. The fraction of sp³-hybridized carbons (Fsp3) is 0.200. The van der Waals surface area contributed by atoms with E-state index < -0.39 is 29.9 Å². The summed E-state index contributed by atoms with van der Waals surface area (Å²) in [4.78, 5) is 38.7. The monoisotopic (exact) mass is 393 g/mol. The molecule has 3 aromatic rings. The van der Waals surface area contributed by atoms with E-state index in [1.807, 2.05) is 6.07 Å². The van der Waals surface area contributed by atoms with E-state index in [-0.39, 0.29) is 0 Å². The number of nitrogens with one attached hydrogen (secondary N) is 2. The van der Waals surface area contributed by atoms with Gasteiger partial charge in [-0.1, -0.05) is 30.3 Å². The fourth-order valence-corrected chi connectivity index (χ4v) is 3.25. The van der Waals surface area contributed by atoms with Crippen LogP contribution in [0.2, 0.25) is 0 Å². The fourth-order valence-electron chi connectivity index (χ4n) is 3.25. The first-order valence-corrected chi connectivity index (χ1v) is 9.01. The van der Waals surface area contributed by atoms with Crippen molar-refractivity contribution in [3.8, 4) is 0 Å². The predicted octanol–water partition coefficient (Wildman–Crippen LogP) is 1.93. The summed E-state index contributed by atoms with van der Waals surface area (Å²) in [6, 6.07) is 13.5. The predicted molar refractivity (Wildman–Crippen MR) is 103 cm³/mol. The first kappa shape index (κ1) is 18.5. The lowest BCUT2D eigenvalue weighted by atomic mass is 9.92. The van der Waals surface area contributed by atoms with Crippen molar-refractivity contribution >= 4 is 23.7 Å². The van der Waals surface area contributed by atoms with Crippen molar-refractivity contribution < 1.29 is 18.8 Å². The number of carbonyl (C=O) groups is 3. The van der Waals surface area contributed by atoms with Gasteiger partial charge < -0.3 is 15.1 Å². The van der Waals surface area contributed by atoms with E-state index >= 15 is 0 Å². The van der Waals surface area contributed by atoms with Crippen molar-refractivity contribution in [2.75, 3.05) is 11.9 Å². The second-order valence-electron chi connectivity index (χ2n) is 6.81. The lowest BCUT2D eigenvalue weighted by Crippen LogP contribution is -2.42. The van der Waals surface area contributed by atoms with Crippen LogP contribution in [0.4, 0.5) is 10.6 Å². The number of imide groups is 1. The summed E-state index contributed by atoms with van der Waals surface area (Å²) in [6.07, 6.45) is 3.09. The normalized spacial score (nSPS) is 18.7. The third-order valence-electron chi connectivity index (χ3n) is 4.80. The van der Waals surface area contributed by atoms with Crippen molar-refractivity contribution in [1.82, 2.24) is 20.0 Å². The average molecular weight is 393 g/mol. The quantitative estimate of drug-likeness (QED) is 0.622. The van der Waals surface area contributed by atoms with Gasteiger partial charge in [-0.2, -0.15) is 5.10 Å². The highest BCUT2D eigenvalue weighted by Gasteiger charge is 2.49. The molecule has 9 heteroatoms. The summed E-state index contributed by atoms with van der Waals surface area (Å²) in [5, 5.41) is 9.51. The van der Waals surface area contributed by atoms with Gasteiger partial charge in [-0.05, 0) is 24.6 Å². The highest BCUT2D eigenvalue weighted by atomic mass is 16.3. The smallest absolute Gasteiger partial charge is 0.325 e. The van der Waals surface area contributed by atoms with Crippen molar-refractivity contribution in [3.05, 3.63) is 72.3 Å². The number of hydrogen-bond donors (Lipinski definition) is 2. The number of carbonyl (C=O) groups excluding carboxylic acids is 3. The van der Waals surface area contributed by atoms with Gasteiger partial charge in [-0.25, -0.2) is 9.48 Å². The van der Waals surface area contributed by atoms with Crippen LogP contribution in [-0.2, 0) is 21.7 Å². The minimum Gasteiger partial charge on any atom is -0.467 e. The third-order valence-corrected chi connectivity index (χ3v) is 4.80. The number of rotatable bonds is 6. The van der Waals surface area contributed by atoms with E-state index in [4.69, 9.17) is 4.42 Å². The maximum Gasteiger partial charge on any atom is 0.325 e. The van der Waals surface area contributed by atoms with Crippen LogP contribution in [0.5, 0.6) is 0 Å². The summed E-state index contributed by atoms with van der Waals surface area (Å²) >= 11 is 0. The molecule has 0 unspecified atom stereocenters. The molecule has 0 bridgehead atoms. The Kier molecular flexibility index (Phi) is 4.63. The minimum atomic E-state index is -1.21. The van der Waals surface area contributed by atoms with Gasteiger partial charge in [-0.3, -0.25) is 14.5 Å². The number of benzene rings is 1. The Bertz CT molecular complexity index is 1040. The first-order valence-electron chi connectivity index (χ1n) is 9.01. The highest BCUT2D eigenvalue weighted by molar-refractivity contribution is 6.10. The number of nitrogens with zero attached hydrogens (tertiary/aromatic N) is 3. The van der Waals surface area contributed by atoms with Gasteiger partial charge in [0, 0.05) is 6.07 Å². The topological polar surface area (TPSA) is 109 Å². The van der Waals surface area contributed by atoms with E-state index in [1.54, 1.807) is 66.5 Å². The van der Waals surface area contributed by atoms with Gasteiger partial charge in [0.2, 0.25) is 5.91 Å². The number of amides is 4. The zero-order valence-corrected chi connectivity index (χ0v) is 15.7. The Labute approximate surface area is 166 Å². The average Bonchev–Trinajstić information content (AvgIpc) is 3.42. The summed E-state index contributed by atoms with van der Waals surface area (Å²) in [5.74, 6) is 0.126.